The van der Waals surface area contributed by atoms with Gasteiger partial charge in [0.2, 0.25) is 5.69 Å². The Morgan fingerprint density at radius 3 is 2.22 bits per heavy atom. The standard InChI is InChI=1S/C16H16N.HI/c1-17-14-8-7-13-16(17)12-6-5-11-15-9-3-2-4-10-15;/h2-14H,1H3;1H/q+1;/p-1. The van der Waals surface area contributed by atoms with Crippen LogP contribution in [0, 0.1) is 0 Å². The summed E-state index contributed by atoms with van der Waals surface area (Å²) in [6.45, 7) is 0. The van der Waals surface area contributed by atoms with Crippen LogP contribution in [0.25, 0.3) is 12.2 Å². The molecule has 0 bridgehead atoms. The summed E-state index contributed by atoms with van der Waals surface area (Å²) < 4.78 is 2.09. The summed E-state index contributed by atoms with van der Waals surface area (Å²) >= 11 is 0. The molecule has 0 saturated carbocycles. The molecule has 2 rings (SSSR count). The molecule has 0 radical (unpaired) electrons. The van der Waals surface area contributed by atoms with Crippen molar-refractivity contribution in [1.82, 2.24) is 0 Å². The number of rotatable bonds is 3. The Hall–Kier alpha value is -1.42. The lowest BCUT2D eigenvalue weighted by Crippen LogP contribution is -3.00. The average Bonchev–Trinajstić information content (AvgIpc) is 2.38. The van der Waals surface area contributed by atoms with Crippen LogP contribution in [0.3, 0.4) is 0 Å². The average molecular weight is 349 g/mol. The van der Waals surface area contributed by atoms with Crippen LogP contribution in [-0.4, -0.2) is 0 Å². The van der Waals surface area contributed by atoms with Crippen molar-refractivity contribution in [1.29, 1.82) is 0 Å². The van der Waals surface area contributed by atoms with Gasteiger partial charge in [-0.05, 0) is 11.6 Å². The topological polar surface area (TPSA) is 3.88 Å². The normalized spacial score (nSPS) is 10.7. The summed E-state index contributed by atoms with van der Waals surface area (Å²) in [5.41, 5.74) is 2.40. The first-order valence-corrected chi connectivity index (χ1v) is 5.71. The fourth-order valence-corrected chi connectivity index (χ4v) is 1.59. The minimum absolute atomic E-state index is 0. The smallest absolute Gasteiger partial charge is 0.204 e. The fraction of sp³-hybridized carbons (Fsp3) is 0.0625. The largest absolute Gasteiger partial charge is 1.00 e. The molecule has 0 N–H and O–H groups in total. The molecular weight excluding hydrogens is 333 g/mol. The molecule has 0 aliphatic carbocycles. The van der Waals surface area contributed by atoms with Crippen molar-refractivity contribution in [3.05, 3.63) is 78.1 Å². The lowest BCUT2D eigenvalue weighted by Gasteiger charge is -1.91. The SMILES string of the molecule is C[n+]1ccccc1C=CC=Cc1ccccc1.[I-]. The summed E-state index contributed by atoms with van der Waals surface area (Å²) in [5.74, 6) is 0. The van der Waals surface area contributed by atoms with E-state index in [0.29, 0.717) is 0 Å². The van der Waals surface area contributed by atoms with E-state index in [9.17, 15) is 0 Å². The Bertz CT molecular complexity index is 530. The van der Waals surface area contributed by atoms with Crippen molar-refractivity contribution >= 4 is 12.2 Å². The van der Waals surface area contributed by atoms with Gasteiger partial charge in [-0.25, -0.2) is 4.57 Å². The van der Waals surface area contributed by atoms with Crippen LogP contribution in [0.15, 0.2) is 66.9 Å². The van der Waals surface area contributed by atoms with E-state index in [-0.39, 0.29) is 24.0 Å². The van der Waals surface area contributed by atoms with Gasteiger partial charge in [-0.1, -0.05) is 48.6 Å². The molecule has 0 aliphatic rings. The Morgan fingerprint density at radius 1 is 0.833 bits per heavy atom. The van der Waals surface area contributed by atoms with Crippen LogP contribution in [0.4, 0.5) is 0 Å². The third-order valence-corrected chi connectivity index (χ3v) is 2.56. The van der Waals surface area contributed by atoms with Crippen molar-refractivity contribution in [2.45, 2.75) is 0 Å². The van der Waals surface area contributed by atoms with E-state index in [1.807, 2.05) is 43.6 Å². The maximum Gasteiger partial charge on any atom is 0.204 e. The van der Waals surface area contributed by atoms with Crippen molar-refractivity contribution in [3.8, 4) is 0 Å². The molecule has 0 fully saturated rings. The van der Waals surface area contributed by atoms with Gasteiger partial charge >= 0.3 is 0 Å². The predicted octanol–water partition coefficient (Wildman–Crippen LogP) is 0.242. The van der Waals surface area contributed by atoms with E-state index >= 15 is 0 Å². The van der Waals surface area contributed by atoms with Crippen molar-refractivity contribution in [2.24, 2.45) is 7.05 Å². The molecule has 2 aromatic rings. The number of hydrogen-bond donors (Lipinski definition) is 0. The second-order valence-corrected chi connectivity index (χ2v) is 3.87. The lowest BCUT2D eigenvalue weighted by molar-refractivity contribution is -0.673. The first-order valence-electron chi connectivity index (χ1n) is 5.71. The number of nitrogens with zero attached hydrogens (tertiary/aromatic N) is 1. The summed E-state index contributed by atoms with van der Waals surface area (Å²) in [6.07, 6.45) is 10.4. The first kappa shape index (κ1) is 14.6. The molecular formula is C16H16IN. The van der Waals surface area contributed by atoms with Crippen LogP contribution in [0.2, 0.25) is 0 Å². The van der Waals surface area contributed by atoms with Crippen molar-refractivity contribution in [3.63, 3.8) is 0 Å². The number of benzene rings is 1. The molecule has 1 nitrogen and oxygen atoms in total. The Labute approximate surface area is 126 Å². The van der Waals surface area contributed by atoms with Gasteiger partial charge in [0.25, 0.3) is 0 Å². The molecule has 0 atom stereocenters. The third-order valence-electron chi connectivity index (χ3n) is 2.56. The molecule has 0 unspecified atom stereocenters. The van der Waals surface area contributed by atoms with E-state index in [1.54, 1.807) is 0 Å². The van der Waals surface area contributed by atoms with Crippen LogP contribution in [-0.2, 0) is 7.05 Å². The lowest BCUT2D eigenvalue weighted by atomic mass is 10.2. The Kier molecular flexibility index (Phi) is 6.36. The Morgan fingerprint density at radius 2 is 1.50 bits per heavy atom. The highest BCUT2D eigenvalue weighted by Gasteiger charge is 1.96. The molecule has 0 amide bonds. The maximum atomic E-state index is 2.10. The highest BCUT2D eigenvalue weighted by molar-refractivity contribution is 5.54. The zero-order chi connectivity index (χ0) is 11.9. The van der Waals surface area contributed by atoms with Crippen LogP contribution >= 0.6 is 0 Å². The van der Waals surface area contributed by atoms with Crippen LogP contribution in [0.5, 0.6) is 0 Å². The summed E-state index contributed by atoms with van der Waals surface area (Å²) in [7, 11) is 2.04. The molecule has 1 aromatic carbocycles. The quantitative estimate of drug-likeness (QED) is 0.425. The summed E-state index contributed by atoms with van der Waals surface area (Å²) in [6, 6.07) is 16.4. The second kappa shape index (κ2) is 7.82. The summed E-state index contributed by atoms with van der Waals surface area (Å²) in [4.78, 5) is 0. The maximum absolute atomic E-state index is 2.10. The molecule has 1 aromatic heterocycles. The molecule has 18 heavy (non-hydrogen) atoms. The highest BCUT2D eigenvalue weighted by atomic mass is 127. The zero-order valence-electron chi connectivity index (χ0n) is 10.3. The minimum Gasteiger partial charge on any atom is -1.00 e. The molecule has 2 heteroatoms. The van der Waals surface area contributed by atoms with Crippen molar-refractivity contribution in [2.75, 3.05) is 0 Å². The van der Waals surface area contributed by atoms with E-state index in [4.69, 9.17) is 0 Å². The third kappa shape index (κ3) is 4.45. The van der Waals surface area contributed by atoms with Gasteiger partial charge in [0, 0.05) is 18.2 Å². The van der Waals surface area contributed by atoms with Crippen LogP contribution in [0.1, 0.15) is 11.3 Å². The monoisotopic (exact) mass is 349 g/mol. The number of hydrogen-bond acceptors (Lipinski definition) is 0. The fourth-order valence-electron chi connectivity index (χ4n) is 1.59. The van der Waals surface area contributed by atoms with E-state index in [0.717, 1.165) is 0 Å². The van der Waals surface area contributed by atoms with E-state index in [2.05, 4.69) is 47.1 Å². The van der Waals surface area contributed by atoms with Gasteiger partial charge in [0.1, 0.15) is 7.05 Å². The molecule has 92 valence electrons. The second-order valence-electron chi connectivity index (χ2n) is 3.87. The van der Waals surface area contributed by atoms with Crippen LogP contribution < -0.4 is 28.5 Å². The van der Waals surface area contributed by atoms with Gasteiger partial charge in [-0.3, -0.25) is 0 Å². The molecule has 0 saturated heterocycles. The first-order chi connectivity index (χ1) is 8.36. The number of halogens is 1. The molecule has 0 aliphatic heterocycles. The van der Waals surface area contributed by atoms with Crippen molar-refractivity contribution < 1.29 is 28.5 Å². The van der Waals surface area contributed by atoms with Gasteiger partial charge in [-0.2, -0.15) is 0 Å². The zero-order valence-corrected chi connectivity index (χ0v) is 12.5. The van der Waals surface area contributed by atoms with Gasteiger partial charge in [0.15, 0.2) is 6.20 Å². The number of aryl methyl sites for hydroxylation is 1. The number of aromatic nitrogens is 1. The summed E-state index contributed by atoms with van der Waals surface area (Å²) in [5, 5.41) is 0. The predicted molar refractivity (Wildman–Crippen MR) is 72.1 cm³/mol. The van der Waals surface area contributed by atoms with Gasteiger partial charge < -0.3 is 24.0 Å². The molecule has 1 heterocycles. The number of allylic oxidation sites excluding steroid dienone is 2. The van der Waals surface area contributed by atoms with Gasteiger partial charge in [-0.15, -0.1) is 0 Å². The Balaban J connectivity index is 0.00000162. The minimum atomic E-state index is 0. The van der Waals surface area contributed by atoms with E-state index < -0.39 is 0 Å². The highest BCUT2D eigenvalue weighted by Crippen LogP contribution is 2.01. The van der Waals surface area contributed by atoms with E-state index in [1.165, 1.54) is 11.3 Å². The van der Waals surface area contributed by atoms with Gasteiger partial charge in [0.05, 0.1) is 0 Å². The molecule has 0 spiro atoms. The number of pyridine rings is 1.